The number of rotatable bonds is 6. The fraction of sp³-hybridized carbons (Fsp3) is 0.385. The zero-order valence-corrected chi connectivity index (χ0v) is 19.4. The molecule has 0 saturated carbocycles. The first kappa shape index (κ1) is 23.2. The highest BCUT2D eigenvalue weighted by molar-refractivity contribution is 6.46. The molecule has 35 heavy (non-hydrogen) atoms. The van der Waals surface area contributed by atoms with Gasteiger partial charge in [-0.1, -0.05) is 12.1 Å². The van der Waals surface area contributed by atoms with Gasteiger partial charge in [0.15, 0.2) is 11.5 Å². The fourth-order valence-electron chi connectivity index (χ4n) is 4.91. The van der Waals surface area contributed by atoms with Gasteiger partial charge < -0.3 is 34.2 Å². The smallest absolute Gasteiger partial charge is 0.295 e. The molecule has 3 aliphatic heterocycles. The maximum Gasteiger partial charge on any atom is 0.295 e. The minimum absolute atomic E-state index is 0.00371. The van der Waals surface area contributed by atoms with Crippen molar-refractivity contribution in [1.29, 1.82) is 0 Å². The molecule has 3 N–H and O–H groups in total. The largest absolute Gasteiger partial charge is 0.508 e. The van der Waals surface area contributed by atoms with Crippen LogP contribution < -0.4 is 14.4 Å². The third-order valence-corrected chi connectivity index (χ3v) is 6.67. The Kier molecular flexibility index (Phi) is 6.61. The van der Waals surface area contributed by atoms with Crippen LogP contribution in [0, 0.1) is 0 Å². The number of carbonyl (C=O) groups is 2. The van der Waals surface area contributed by atoms with Crippen LogP contribution in [0.2, 0.25) is 0 Å². The van der Waals surface area contributed by atoms with Crippen LogP contribution in [0.15, 0.2) is 48.0 Å². The van der Waals surface area contributed by atoms with E-state index in [9.17, 15) is 19.8 Å². The van der Waals surface area contributed by atoms with E-state index in [0.717, 1.165) is 32.8 Å². The Hall–Kier alpha value is -3.56. The number of nitrogens with zero attached hydrogens (tertiary/aromatic N) is 1. The first-order chi connectivity index (χ1) is 17.0. The van der Waals surface area contributed by atoms with Gasteiger partial charge in [0.2, 0.25) is 0 Å². The maximum absolute atomic E-state index is 13.2. The number of fused-ring (bicyclic) bond motifs is 1. The molecule has 0 spiro atoms. The number of phenolic OH excluding ortho intramolecular Hbond substituents is 1. The Bertz CT molecular complexity index is 1160. The van der Waals surface area contributed by atoms with Crippen molar-refractivity contribution in [2.24, 2.45) is 0 Å². The SMILES string of the molecule is O=C1C(=O)N(CCC[NH+]2CCOCC2)[C@@H](c2cccc(O)c2)C1=C(O)c1ccc2c(c1)OCCO2. The van der Waals surface area contributed by atoms with Crippen molar-refractivity contribution in [1.82, 2.24) is 4.90 Å². The summed E-state index contributed by atoms with van der Waals surface area (Å²) in [6.07, 6.45) is 0.696. The lowest BCUT2D eigenvalue weighted by molar-refractivity contribution is -0.908. The molecule has 0 aliphatic carbocycles. The molecule has 2 fully saturated rings. The van der Waals surface area contributed by atoms with E-state index in [1.54, 1.807) is 30.3 Å². The summed E-state index contributed by atoms with van der Waals surface area (Å²) in [5, 5.41) is 21.4. The second kappa shape index (κ2) is 9.97. The van der Waals surface area contributed by atoms with E-state index in [0.29, 0.717) is 48.8 Å². The lowest BCUT2D eigenvalue weighted by Crippen LogP contribution is -3.14. The first-order valence-electron chi connectivity index (χ1n) is 11.9. The van der Waals surface area contributed by atoms with Gasteiger partial charge in [-0.3, -0.25) is 9.59 Å². The van der Waals surface area contributed by atoms with E-state index in [1.165, 1.54) is 21.9 Å². The molecule has 2 saturated heterocycles. The Morgan fingerprint density at radius 3 is 2.54 bits per heavy atom. The van der Waals surface area contributed by atoms with Crippen LogP contribution >= 0.6 is 0 Å². The average molecular weight is 482 g/mol. The Balaban J connectivity index is 1.48. The van der Waals surface area contributed by atoms with E-state index >= 15 is 0 Å². The summed E-state index contributed by atoms with van der Waals surface area (Å²) in [5.41, 5.74) is 0.910. The minimum atomic E-state index is -0.810. The molecule has 1 amide bonds. The monoisotopic (exact) mass is 481 g/mol. The summed E-state index contributed by atoms with van der Waals surface area (Å²) in [5.74, 6) is -0.640. The van der Waals surface area contributed by atoms with E-state index in [1.807, 2.05) is 0 Å². The van der Waals surface area contributed by atoms with Gasteiger partial charge in [0, 0.05) is 18.5 Å². The number of aliphatic hydroxyl groups excluding tert-OH is 1. The van der Waals surface area contributed by atoms with Crippen LogP contribution in [0.3, 0.4) is 0 Å². The zero-order valence-electron chi connectivity index (χ0n) is 19.4. The Morgan fingerprint density at radius 1 is 1.00 bits per heavy atom. The van der Waals surface area contributed by atoms with Crippen molar-refractivity contribution < 1.29 is 38.9 Å². The second-order valence-electron chi connectivity index (χ2n) is 8.91. The molecule has 2 aromatic rings. The van der Waals surface area contributed by atoms with Crippen molar-refractivity contribution in [3.8, 4) is 17.2 Å². The first-order valence-corrected chi connectivity index (χ1v) is 11.9. The van der Waals surface area contributed by atoms with Crippen LogP contribution in [-0.2, 0) is 14.3 Å². The number of aromatic hydroxyl groups is 1. The third-order valence-electron chi connectivity index (χ3n) is 6.67. The van der Waals surface area contributed by atoms with Gasteiger partial charge in [-0.15, -0.1) is 0 Å². The number of nitrogens with one attached hydrogen (secondary N) is 1. The number of likely N-dealkylation sites (tertiary alicyclic amines) is 1. The van der Waals surface area contributed by atoms with E-state index in [2.05, 4.69) is 0 Å². The van der Waals surface area contributed by atoms with E-state index < -0.39 is 17.7 Å². The molecule has 5 rings (SSSR count). The molecule has 0 bridgehead atoms. The van der Waals surface area contributed by atoms with Crippen LogP contribution in [0.25, 0.3) is 5.76 Å². The number of ether oxygens (including phenoxy) is 3. The summed E-state index contributed by atoms with van der Waals surface area (Å²) < 4.78 is 16.6. The number of phenols is 1. The van der Waals surface area contributed by atoms with E-state index in [4.69, 9.17) is 14.2 Å². The van der Waals surface area contributed by atoms with Crippen LogP contribution in [0.5, 0.6) is 17.2 Å². The number of ketones is 1. The van der Waals surface area contributed by atoms with Gasteiger partial charge >= 0.3 is 0 Å². The summed E-state index contributed by atoms with van der Waals surface area (Å²) in [6, 6.07) is 10.6. The van der Waals surface area contributed by atoms with Crippen LogP contribution in [0.1, 0.15) is 23.6 Å². The lowest BCUT2D eigenvalue weighted by atomic mass is 9.95. The molecule has 1 atom stereocenters. The number of hydrogen-bond acceptors (Lipinski definition) is 7. The number of aliphatic hydroxyl groups is 1. The summed E-state index contributed by atoms with van der Waals surface area (Å²) in [7, 11) is 0. The summed E-state index contributed by atoms with van der Waals surface area (Å²) >= 11 is 0. The molecule has 0 radical (unpaired) electrons. The Labute approximate surface area is 203 Å². The Morgan fingerprint density at radius 2 is 1.77 bits per heavy atom. The highest BCUT2D eigenvalue weighted by Gasteiger charge is 2.46. The predicted octanol–water partition coefficient (Wildman–Crippen LogP) is 0.890. The fourth-order valence-corrected chi connectivity index (χ4v) is 4.91. The second-order valence-corrected chi connectivity index (χ2v) is 8.91. The predicted molar refractivity (Wildman–Crippen MR) is 126 cm³/mol. The zero-order chi connectivity index (χ0) is 24.4. The van der Waals surface area contributed by atoms with Gasteiger partial charge in [-0.2, -0.15) is 0 Å². The molecule has 0 unspecified atom stereocenters. The number of hydrogen-bond donors (Lipinski definition) is 3. The molecule has 3 heterocycles. The summed E-state index contributed by atoms with van der Waals surface area (Å²) in [6.45, 7) is 5.30. The van der Waals surface area contributed by atoms with Crippen LogP contribution in [0.4, 0.5) is 0 Å². The van der Waals surface area contributed by atoms with Crippen molar-refractivity contribution in [2.75, 3.05) is 52.6 Å². The van der Waals surface area contributed by atoms with Gasteiger partial charge in [0.05, 0.1) is 31.4 Å². The van der Waals surface area contributed by atoms with Gasteiger partial charge in [-0.05, 0) is 35.9 Å². The molecule has 9 nitrogen and oxygen atoms in total. The highest BCUT2D eigenvalue weighted by atomic mass is 16.6. The third kappa shape index (κ3) is 4.69. The standard InChI is InChI=1S/C26H28N2O7/c29-19-4-1-3-17(15-19)23-22(24(30)18-5-6-20-21(16-18)35-14-13-34-20)25(31)26(32)28(23)8-2-7-27-9-11-33-12-10-27/h1,3-6,15-16,23,29-30H,2,7-14H2/p+1/t23-/m0/s1. The van der Waals surface area contributed by atoms with Crippen LogP contribution in [-0.4, -0.2) is 79.4 Å². The van der Waals surface area contributed by atoms with Crippen molar-refractivity contribution in [2.45, 2.75) is 12.5 Å². The quantitative estimate of drug-likeness (QED) is 0.319. The number of morpholine rings is 1. The number of carbonyl (C=O) groups excluding carboxylic acids is 2. The minimum Gasteiger partial charge on any atom is -0.508 e. The van der Waals surface area contributed by atoms with Gasteiger partial charge in [-0.25, -0.2) is 0 Å². The lowest BCUT2D eigenvalue weighted by Gasteiger charge is -2.27. The van der Waals surface area contributed by atoms with E-state index in [-0.39, 0.29) is 17.1 Å². The van der Waals surface area contributed by atoms with Gasteiger partial charge in [0.25, 0.3) is 11.7 Å². The molecule has 0 aromatic heterocycles. The molecule has 9 heteroatoms. The molecular formula is C26H29N2O7+. The highest BCUT2D eigenvalue weighted by Crippen LogP contribution is 2.41. The normalized spacial score (nSPS) is 21.9. The van der Waals surface area contributed by atoms with Gasteiger partial charge in [0.1, 0.15) is 37.8 Å². The summed E-state index contributed by atoms with van der Waals surface area (Å²) in [4.78, 5) is 29.2. The molecule has 184 valence electrons. The van der Waals surface area contributed by atoms with Crippen molar-refractivity contribution >= 4 is 17.4 Å². The topological polar surface area (TPSA) is 110 Å². The van der Waals surface area contributed by atoms with Crippen molar-refractivity contribution in [3.63, 3.8) is 0 Å². The number of Topliss-reactive ketones (excluding diaryl/α,β-unsaturated/α-hetero) is 1. The number of benzene rings is 2. The molecule has 2 aromatic carbocycles. The average Bonchev–Trinajstić information content (AvgIpc) is 3.13. The molecule has 3 aliphatic rings. The molecular weight excluding hydrogens is 452 g/mol. The number of quaternary nitrogens is 1. The number of amides is 1. The van der Waals surface area contributed by atoms with Crippen molar-refractivity contribution in [3.05, 3.63) is 59.2 Å². The maximum atomic E-state index is 13.2.